The minimum absolute atomic E-state index is 0.0122. The Morgan fingerprint density at radius 2 is 2.13 bits per heavy atom. The first-order chi connectivity index (χ1) is 6.85. The largest absolute Gasteiger partial charge is 0.405 e. The van der Waals surface area contributed by atoms with E-state index in [1.807, 2.05) is 0 Å². The number of carbonyl (C=O) groups is 1. The molecule has 3 nitrogen and oxygen atoms in total. The highest BCUT2D eigenvalue weighted by atomic mass is 32.2. The summed E-state index contributed by atoms with van der Waals surface area (Å²) in [5, 5.41) is 10.4. The van der Waals surface area contributed by atoms with Gasteiger partial charge in [-0.05, 0) is 6.42 Å². The average molecular weight is 245 g/mol. The van der Waals surface area contributed by atoms with E-state index in [2.05, 4.69) is 0 Å². The van der Waals surface area contributed by atoms with Crippen molar-refractivity contribution in [2.75, 3.05) is 18.9 Å². The van der Waals surface area contributed by atoms with E-state index in [4.69, 9.17) is 5.11 Å². The van der Waals surface area contributed by atoms with E-state index in [0.717, 1.165) is 0 Å². The van der Waals surface area contributed by atoms with Crippen LogP contribution >= 0.6 is 11.8 Å². The number of rotatable bonds is 6. The van der Waals surface area contributed by atoms with Gasteiger partial charge in [0, 0.05) is 11.9 Å². The molecule has 0 aliphatic heterocycles. The SMILES string of the molecule is CC(CCO)SCC(=O)NCC(F)(F)F. The van der Waals surface area contributed by atoms with Crippen molar-refractivity contribution in [1.29, 1.82) is 0 Å². The highest BCUT2D eigenvalue weighted by Crippen LogP contribution is 2.14. The van der Waals surface area contributed by atoms with Gasteiger partial charge < -0.3 is 10.4 Å². The smallest absolute Gasteiger partial charge is 0.396 e. The van der Waals surface area contributed by atoms with Gasteiger partial charge in [-0.25, -0.2) is 0 Å². The zero-order valence-electron chi connectivity index (χ0n) is 8.30. The first kappa shape index (κ1) is 14.6. The summed E-state index contributed by atoms with van der Waals surface area (Å²) in [5.41, 5.74) is 0. The number of alkyl halides is 3. The molecule has 0 aliphatic rings. The minimum Gasteiger partial charge on any atom is -0.396 e. The van der Waals surface area contributed by atoms with Crippen LogP contribution in [0.25, 0.3) is 0 Å². The Kier molecular flexibility index (Phi) is 6.75. The minimum atomic E-state index is -4.36. The number of nitrogens with one attached hydrogen (secondary N) is 1. The zero-order chi connectivity index (χ0) is 11.9. The maximum absolute atomic E-state index is 11.7. The van der Waals surface area contributed by atoms with Gasteiger partial charge in [-0.1, -0.05) is 6.92 Å². The Labute approximate surface area is 90.4 Å². The second-order valence-corrected chi connectivity index (χ2v) is 4.45. The summed E-state index contributed by atoms with van der Waals surface area (Å²) in [6.07, 6.45) is -3.84. The summed E-state index contributed by atoms with van der Waals surface area (Å²) in [7, 11) is 0. The molecule has 0 radical (unpaired) electrons. The van der Waals surface area contributed by atoms with Crippen LogP contribution in [0.3, 0.4) is 0 Å². The molecule has 0 aromatic heterocycles. The summed E-state index contributed by atoms with van der Waals surface area (Å²) in [6, 6.07) is 0. The fraction of sp³-hybridized carbons (Fsp3) is 0.875. The molecule has 0 aliphatic carbocycles. The van der Waals surface area contributed by atoms with Gasteiger partial charge >= 0.3 is 6.18 Å². The van der Waals surface area contributed by atoms with Gasteiger partial charge in [0.1, 0.15) is 6.54 Å². The third-order valence-electron chi connectivity index (χ3n) is 1.52. The van der Waals surface area contributed by atoms with Gasteiger partial charge in [0.25, 0.3) is 0 Å². The summed E-state index contributed by atoms with van der Waals surface area (Å²) < 4.78 is 35.0. The van der Waals surface area contributed by atoms with E-state index in [1.165, 1.54) is 11.8 Å². The number of amides is 1. The van der Waals surface area contributed by atoms with Gasteiger partial charge in [-0.3, -0.25) is 4.79 Å². The van der Waals surface area contributed by atoms with Gasteiger partial charge in [0.05, 0.1) is 5.75 Å². The highest BCUT2D eigenvalue weighted by Gasteiger charge is 2.27. The maximum atomic E-state index is 11.7. The molecular weight excluding hydrogens is 231 g/mol. The van der Waals surface area contributed by atoms with Crippen LogP contribution in [0, 0.1) is 0 Å². The summed E-state index contributed by atoms with van der Waals surface area (Å²) in [6.45, 7) is 0.525. The van der Waals surface area contributed by atoms with Crippen LogP contribution in [0.4, 0.5) is 13.2 Å². The number of halogens is 3. The third-order valence-corrected chi connectivity index (χ3v) is 2.75. The molecule has 7 heteroatoms. The molecule has 0 aromatic carbocycles. The molecule has 0 spiro atoms. The lowest BCUT2D eigenvalue weighted by molar-refractivity contribution is -0.136. The van der Waals surface area contributed by atoms with Crippen LogP contribution in [0.5, 0.6) is 0 Å². The van der Waals surface area contributed by atoms with Crippen molar-refractivity contribution in [3.8, 4) is 0 Å². The van der Waals surface area contributed by atoms with Crippen LogP contribution in [-0.2, 0) is 4.79 Å². The van der Waals surface area contributed by atoms with Crippen molar-refractivity contribution in [3.63, 3.8) is 0 Å². The Hall–Kier alpha value is -0.430. The number of aliphatic hydroxyl groups is 1. The Morgan fingerprint density at radius 1 is 1.53 bits per heavy atom. The molecule has 0 rings (SSSR count). The van der Waals surface area contributed by atoms with E-state index in [-0.39, 0.29) is 17.6 Å². The van der Waals surface area contributed by atoms with Crippen molar-refractivity contribution >= 4 is 17.7 Å². The van der Waals surface area contributed by atoms with Gasteiger partial charge in [0.2, 0.25) is 5.91 Å². The predicted molar refractivity (Wildman–Crippen MR) is 52.7 cm³/mol. The number of thioether (sulfide) groups is 1. The van der Waals surface area contributed by atoms with Crippen LogP contribution < -0.4 is 5.32 Å². The molecule has 0 fully saturated rings. The zero-order valence-corrected chi connectivity index (χ0v) is 9.12. The molecule has 0 bridgehead atoms. The van der Waals surface area contributed by atoms with E-state index in [1.54, 1.807) is 12.2 Å². The topological polar surface area (TPSA) is 49.3 Å². The second kappa shape index (κ2) is 6.95. The highest BCUT2D eigenvalue weighted by molar-refractivity contribution is 8.00. The summed E-state index contributed by atoms with van der Waals surface area (Å²) in [5.74, 6) is -0.654. The Balaban J connectivity index is 3.58. The van der Waals surface area contributed by atoms with Crippen LogP contribution in [0.15, 0.2) is 0 Å². The number of hydrogen-bond donors (Lipinski definition) is 2. The van der Waals surface area contributed by atoms with Crippen molar-refractivity contribution in [3.05, 3.63) is 0 Å². The summed E-state index contributed by atoms with van der Waals surface area (Å²) >= 11 is 1.22. The number of hydrogen-bond acceptors (Lipinski definition) is 3. The lowest BCUT2D eigenvalue weighted by Crippen LogP contribution is -2.35. The quantitative estimate of drug-likeness (QED) is 0.738. The molecule has 1 atom stereocenters. The molecule has 2 N–H and O–H groups in total. The molecule has 0 saturated carbocycles. The first-order valence-corrected chi connectivity index (χ1v) is 5.46. The van der Waals surface area contributed by atoms with Crippen molar-refractivity contribution < 1.29 is 23.1 Å². The van der Waals surface area contributed by atoms with Crippen molar-refractivity contribution in [2.24, 2.45) is 0 Å². The van der Waals surface area contributed by atoms with E-state index >= 15 is 0 Å². The maximum Gasteiger partial charge on any atom is 0.405 e. The lowest BCUT2D eigenvalue weighted by Gasteiger charge is -2.10. The van der Waals surface area contributed by atoms with Crippen LogP contribution in [0.2, 0.25) is 0 Å². The van der Waals surface area contributed by atoms with Gasteiger partial charge in [0.15, 0.2) is 0 Å². The molecule has 1 unspecified atom stereocenters. The molecule has 0 saturated heterocycles. The predicted octanol–water partition coefficient (Wildman–Crippen LogP) is 1.17. The van der Waals surface area contributed by atoms with E-state index in [0.29, 0.717) is 6.42 Å². The van der Waals surface area contributed by atoms with Crippen LogP contribution in [-0.4, -0.2) is 41.3 Å². The van der Waals surface area contributed by atoms with Gasteiger partial charge in [-0.2, -0.15) is 13.2 Å². The fourth-order valence-corrected chi connectivity index (χ4v) is 1.54. The number of aliphatic hydroxyl groups excluding tert-OH is 1. The van der Waals surface area contributed by atoms with Gasteiger partial charge in [-0.15, -0.1) is 11.8 Å². The molecule has 0 heterocycles. The van der Waals surface area contributed by atoms with Crippen LogP contribution in [0.1, 0.15) is 13.3 Å². The molecular formula is C8H14F3NO2S. The summed E-state index contributed by atoms with van der Waals surface area (Å²) in [4.78, 5) is 10.9. The Bertz CT molecular complexity index is 199. The number of carbonyl (C=O) groups excluding carboxylic acids is 1. The monoisotopic (exact) mass is 245 g/mol. The third kappa shape index (κ3) is 9.86. The standard InChI is InChI=1S/C8H14F3NO2S/c1-6(2-3-13)15-4-7(14)12-5-8(9,10)11/h6,13H,2-5H2,1H3,(H,12,14). The second-order valence-electron chi connectivity index (χ2n) is 3.03. The van der Waals surface area contributed by atoms with E-state index < -0.39 is 18.6 Å². The molecule has 15 heavy (non-hydrogen) atoms. The average Bonchev–Trinajstić information content (AvgIpc) is 2.11. The molecule has 0 aromatic rings. The molecule has 1 amide bonds. The fourth-order valence-electron chi connectivity index (χ4n) is 0.733. The molecule has 90 valence electrons. The van der Waals surface area contributed by atoms with Crippen molar-refractivity contribution in [1.82, 2.24) is 5.32 Å². The van der Waals surface area contributed by atoms with Crippen molar-refractivity contribution in [2.45, 2.75) is 24.8 Å². The first-order valence-electron chi connectivity index (χ1n) is 4.41. The van der Waals surface area contributed by atoms with E-state index in [9.17, 15) is 18.0 Å². The normalized spacial score (nSPS) is 13.7. The Morgan fingerprint density at radius 3 is 2.60 bits per heavy atom. The lowest BCUT2D eigenvalue weighted by atomic mass is 10.3.